The van der Waals surface area contributed by atoms with Gasteiger partial charge in [0.15, 0.2) is 0 Å². The van der Waals surface area contributed by atoms with Gasteiger partial charge in [-0.25, -0.2) is 0 Å². The van der Waals surface area contributed by atoms with Crippen LogP contribution in [0, 0.1) is 6.92 Å². The molecule has 0 aliphatic rings. The lowest BCUT2D eigenvalue weighted by molar-refractivity contribution is -0.136. The quantitative estimate of drug-likeness (QED) is 0.439. The minimum Gasteiger partial charge on any atom is -0.497 e. The third-order valence-electron chi connectivity index (χ3n) is 5.77. The van der Waals surface area contributed by atoms with Crippen LogP contribution in [-0.4, -0.2) is 42.6 Å². The number of aliphatic carboxylic acids is 1. The maximum absolute atomic E-state index is 13.5. The molecule has 6 heteroatoms. The number of carboxylic acid groups (broad SMARTS) is 1. The van der Waals surface area contributed by atoms with Gasteiger partial charge in [-0.05, 0) is 54.2 Å². The van der Waals surface area contributed by atoms with E-state index in [-0.39, 0.29) is 12.3 Å². The van der Waals surface area contributed by atoms with Crippen molar-refractivity contribution in [3.8, 4) is 11.5 Å². The number of carbonyl (C=O) groups is 2. The van der Waals surface area contributed by atoms with E-state index in [2.05, 4.69) is 19.1 Å². The van der Waals surface area contributed by atoms with Crippen LogP contribution in [0.1, 0.15) is 39.0 Å². The second-order valence-corrected chi connectivity index (χ2v) is 8.25. The van der Waals surface area contributed by atoms with Gasteiger partial charge in [-0.3, -0.25) is 9.59 Å². The summed E-state index contributed by atoms with van der Waals surface area (Å²) in [6.07, 6.45) is 1.66. The van der Waals surface area contributed by atoms with E-state index in [1.165, 1.54) is 11.1 Å². The molecular formula is C28H31NO5. The van der Waals surface area contributed by atoms with E-state index in [4.69, 9.17) is 14.6 Å². The second kappa shape index (κ2) is 11.9. The number of aryl methyl sites for hydroxylation is 2. The summed E-state index contributed by atoms with van der Waals surface area (Å²) in [5, 5.41) is 9.00. The van der Waals surface area contributed by atoms with Crippen molar-refractivity contribution in [1.29, 1.82) is 0 Å². The van der Waals surface area contributed by atoms with E-state index in [0.717, 1.165) is 24.0 Å². The van der Waals surface area contributed by atoms with Crippen LogP contribution in [0.5, 0.6) is 11.5 Å². The maximum atomic E-state index is 13.5. The van der Waals surface area contributed by atoms with E-state index in [9.17, 15) is 9.59 Å². The SMILES string of the molecule is COc1cc(OC)cc(C(=O)N(CCCc2ccccc2C)Cc2ccc(CC(=O)O)cc2)c1. The van der Waals surface area contributed by atoms with Crippen molar-refractivity contribution in [1.82, 2.24) is 4.90 Å². The summed E-state index contributed by atoms with van der Waals surface area (Å²) in [7, 11) is 3.11. The summed E-state index contributed by atoms with van der Waals surface area (Å²) in [6.45, 7) is 3.09. The van der Waals surface area contributed by atoms with Gasteiger partial charge in [-0.1, -0.05) is 48.5 Å². The Kier molecular flexibility index (Phi) is 8.68. The Hall–Kier alpha value is -3.80. The van der Waals surface area contributed by atoms with Crippen LogP contribution < -0.4 is 9.47 Å². The van der Waals surface area contributed by atoms with E-state index in [1.54, 1.807) is 44.6 Å². The normalized spacial score (nSPS) is 10.6. The Bertz CT molecular complexity index is 1100. The molecule has 0 fully saturated rings. The monoisotopic (exact) mass is 461 g/mol. The Morgan fingerprint density at radius 2 is 1.50 bits per heavy atom. The fourth-order valence-electron chi connectivity index (χ4n) is 3.87. The smallest absolute Gasteiger partial charge is 0.307 e. The minimum absolute atomic E-state index is 0.0248. The van der Waals surface area contributed by atoms with Crippen LogP contribution in [0.2, 0.25) is 0 Å². The molecule has 6 nitrogen and oxygen atoms in total. The van der Waals surface area contributed by atoms with E-state index >= 15 is 0 Å². The molecule has 3 aromatic rings. The molecule has 0 atom stereocenters. The molecule has 0 aliphatic heterocycles. The predicted octanol–water partition coefficient (Wildman–Crippen LogP) is 4.91. The zero-order chi connectivity index (χ0) is 24.5. The van der Waals surface area contributed by atoms with Crippen molar-refractivity contribution in [2.75, 3.05) is 20.8 Å². The molecule has 0 unspecified atom stereocenters. The number of hydrogen-bond acceptors (Lipinski definition) is 4. The molecule has 34 heavy (non-hydrogen) atoms. The number of carboxylic acids is 1. The van der Waals surface area contributed by atoms with Gasteiger partial charge >= 0.3 is 5.97 Å². The molecular weight excluding hydrogens is 430 g/mol. The van der Waals surface area contributed by atoms with Crippen molar-refractivity contribution < 1.29 is 24.2 Å². The molecule has 3 rings (SSSR count). The van der Waals surface area contributed by atoms with E-state index < -0.39 is 5.97 Å². The second-order valence-electron chi connectivity index (χ2n) is 8.25. The van der Waals surface area contributed by atoms with Crippen molar-refractivity contribution in [2.45, 2.75) is 32.7 Å². The number of carbonyl (C=O) groups excluding carboxylic acids is 1. The van der Waals surface area contributed by atoms with Gasteiger partial charge in [0.05, 0.1) is 20.6 Å². The van der Waals surface area contributed by atoms with Crippen LogP contribution >= 0.6 is 0 Å². The van der Waals surface area contributed by atoms with Crippen molar-refractivity contribution in [3.63, 3.8) is 0 Å². The topological polar surface area (TPSA) is 76.1 Å². The molecule has 0 aliphatic carbocycles. The molecule has 0 aromatic heterocycles. The van der Waals surface area contributed by atoms with E-state index in [0.29, 0.717) is 30.2 Å². The zero-order valence-corrected chi connectivity index (χ0v) is 19.9. The maximum Gasteiger partial charge on any atom is 0.307 e. The third-order valence-corrected chi connectivity index (χ3v) is 5.77. The van der Waals surface area contributed by atoms with Gasteiger partial charge in [0.1, 0.15) is 11.5 Å². The standard InChI is InChI=1S/C28H31NO5/c1-20-7-4-5-8-23(20)9-6-14-29(19-22-12-10-21(11-13-22)15-27(30)31)28(32)24-16-25(33-2)18-26(17-24)34-3/h4-5,7-8,10-13,16-18H,6,9,14-15,19H2,1-3H3,(H,30,31). The first-order chi connectivity index (χ1) is 16.4. The molecule has 0 saturated carbocycles. The summed E-state index contributed by atoms with van der Waals surface area (Å²) in [4.78, 5) is 26.3. The van der Waals surface area contributed by atoms with Gasteiger partial charge in [-0.15, -0.1) is 0 Å². The lowest BCUT2D eigenvalue weighted by Crippen LogP contribution is -2.32. The third kappa shape index (κ3) is 6.85. The number of nitrogens with zero attached hydrogens (tertiary/aromatic N) is 1. The molecule has 178 valence electrons. The van der Waals surface area contributed by atoms with Crippen LogP contribution in [0.15, 0.2) is 66.7 Å². The average Bonchev–Trinajstić information content (AvgIpc) is 2.84. The Labute approximate surface area is 200 Å². The summed E-state index contributed by atoms with van der Waals surface area (Å²) in [5.74, 6) is 0.130. The van der Waals surface area contributed by atoms with Crippen molar-refractivity contribution in [3.05, 3.63) is 94.5 Å². The molecule has 0 heterocycles. The number of hydrogen-bond donors (Lipinski definition) is 1. The Morgan fingerprint density at radius 3 is 2.09 bits per heavy atom. The van der Waals surface area contributed by atoms with Crippen molar-refractivity contribution in [2.24, 2.45) is 0 Å². The number of methoxy groups -OCH3 is 2. The van der Waals surface area contributed by atoms with Gasteiger partial charge in [0, 0.05) is 24.7 Å². The number of ether oxygens (including phenoxy) is 2. The van der Waals surface area contributed by atoms with E-state index in [1.807, 2.05) is 29.2 Å². The molecule has 0 bridgehead atoms. The van der Waals surface area contributed by atoms with Crippen LogP contribution in [0.25, 0.3) is 0 Å². The molecule has 0 spiro atoms. The predicted molar refractivity (Wildman–Crippen MR) is 132 cm³/mol. The fraction of sp³-hybridized carbons (Fsp3) is 0.286. The Morgan fingerprint density at radius 1 is 0.882 bits per heavy atom. The van der Waals surface area contributed by atoms with Gasteiger partial charge in [0.2, 0.25) is 0 Å². The first kappa shape index (κ1) is 24.8. The number of benzene rings is 3. The van der Waals surface area contributed by atoms with Crippen LogP contribution in [-0.2, 0) is 24.2 Å². The summed E-state index contributed by atoms with van der Waals surface area (Å²) in [5.41, 5.74) is 4.68. The highest BCUT2D eigenvalue weighted by molar-refractivity contribution is 5.95. The average molecular weight is 462 g/mol. The highest BCUT2D eigenvalue weighted by Gasteiger charge is 2.18. The Balaban J connectivity index is 1.81. The largest absolute Gasteiger partial charge is 0.497 e. The fourth-order valence-corrected chi connectivity index (χ4v) is 3.87. The first-order valence-corrected chi connectivity index (χ1v) is 11.3. The number of amides is 1. The van der Waals surface area contributed by atoms with Crippen molar-refractivity contribution >= 4 is 11.9 Å². The minimum atomic E-state index is -0.868. The van der Waals surface area contributed by atoms with Gasteiger partial charge < -0.3 is 19.5 Å². The zero-order valence-electron chi connectivity index (χ0n) is 19.9. The highest BCUT2D eigenvalue weighted by Crippen LogP contribution is 2.24. The van der Waals surface area contributed by atoms with Crippen LogP contribution in [0.4, 0.5) is 0 Å². The first-order valence-electron chi connectivity index (χ1n) is 11.3. The summed E-state index contributed by atoms with van der Waals surface area (Å²) >= 11 is 0. The molecule has 0 radical (unpaired) electrons. The highest BCUT2D eigenvalue weighted by atomic mass is 16.5. The molecule has 1 N–H and O–H groups in total. The number of rotatable bonds is 11. The van der Waals surface area contributed by atoms with Crippen LogP contribution in [0.3, 0.4) is 0 Å². The molecule has 0 saturated heterocycles. The van der Waals surface area contributed by atoms with Gasteiger partial charge in [0.25, 0.3) is 5.91 Å². The lowest BCUT2D eigenvalue weighted by atomic mass is 10.0. The lowest BCUT2D eigenvalue weighted by Gasteiger charge is -2.24. The molecule has 1 amide bonds. The molecule has 3 aromatic carbocycles. The summed E-state index contributed by atoms with van der Waals surface area (Å²) in [6, 6.07) is 20.8. The van der Waals surface area contributed by atoms with Gasteiger partial charge in [-0.2, -0.15) is 0 Å². The summed E-state index contributed by atoms with van der Waals surface area (Å²) < 4.78 is 10.7.